The van der Waals surface area contributed by atoms with E-state index >= 15 is 0 Å². The number of carboxylic acids is 1. The molecule has 1 aliphatic carbocycles. The van der Waals surface area contributed by atoms with Gasteiger partial charge in [0.1, 0.15) is 6.04 Å². The van der Waals surface area contributed by atoms with E-state index in [1.807, 2.05) is 6.07 Å². The summed E-state index contributed by atoms with van der Waals surface area (Å²) in [5.74, 6) is -1.07. The highest BCUT2D eigenvalue weighted by atomic mass is 16.4. The van der Waals surface area contributed by atoms with Crippen LogP contribution in [0.2, 0.25) is 0 Å². The van der Waals surface area contributed by atoms with Crippen LogP contribution in [0.5, 0.6) is 0 Å². The van der Waals surface area contributed by atoms with Gasteiger partial charge in [-0.2, -0.15) is 5.26 Å². The van der Waals surface area contributed by atoms with Crippen molar-refractivity contribution in [2.24, 2.45) is 0 Å². The predicted octanol–water partition coefficient (Wildman–Crippen LogP) is 0.547. The van der Waals surface area contributed by atoms with E-state index < -0.39 is 18.0 Å². The minimum absolute atomic E-state index is 0.175. The summed E-state index contributed by atoms with van der Waals surface area (Å²) in [5, 5.41) is 19.5. The normalized spacial score (nSPS) is 16.0. The number of urea groups is 1. The minimum Gasteiger partial charge on any atom is -0.480 e. The Hall–Kier alpha value is -1.77. The van der Waals surface area contributed by atoms with Crippen molar-refractivity contribution in [3.05, 3.63) is 0 Å². The summed E-state index contributed by atoms with van der Waals surface area (Å²) in [7, 11) is 0. The summed E-state index contributed by atoms with van der Waals surface area (Å²) in [6.07, 6.45) is 2.13. The van der Waals surface area contributed by atoms with Crippen LogP contribution in [0.4, 0.5) is 4.79 Å². The molecule has 1 aliphatic rings. The monoisotopic (exact) mass is 225 g/mol. The summed E-state index contributed by atoms with van der Waals surface area (Å²) in [5.41, 5.74) is 0. The number of amides is 2. The molecule has 88 valence electrons. The van der Waals surface area contributed by atoms with Crippen LogP contribution in [0.3, 0.4) is 0 Å². The maximum absolute atomic E-state index is 11.7. The van der Waals surface area contributed by atoms with E-state index in [-0.39, 0.29) is 12.5 Å². The largest absolute Gasteiger partial charge is 0.480 e. The van der Waals surface area contributed by atoms with E-state index in [4.69, 9.17) is 10.4 Å². The van der Waals surface area contributed by atoms with Crippen molar-refractivity contribution in [3.63, 3.8) is 0 Å². The zero-order valence-electron chi connectivity index (χ0n) is 9.14. The third kappa shape index (κ3) is 3.42. The summed E-state index contributed by atoms with van der Waals surface area (Å²) in [4.78, 5) is 23.8. The Balaban J connectivity index is 2.47. The van der Waals surface area contributed by atoms with Gasteiger partial charge in [0.05, 0.1) is 12.5 Å². The Kier molecular flexibility index (Phi) is 4.11. The zero-order valence-corrected chi connectivity index (χ0v) is 9.14. The first kappa shape index (κ1) is 12.3. The molecule has 0 radical (unpaired) electrons. The van der Waals surface area contributed by atoms with E-state index in [9.17, 15) is 9.59 Å². The number of nitrogens with zero attached hydrogens (tertiary/aromatic N) is 2. The first-order chi connectivity index (χ1) is 7.56. The van der Waals surface area contributed by atoms with Crippen molar-refractivity contribution in [2.45, 2.75) is 38.3 Å². The Morgan fingerprint density at radius 1 is 1.62 bits per heavy atom. The number of nitriles is 1. The molecule has 6 heteroatoms. The quantitative estimate of drug-likeness (QED) is 0.714. The van der Waals surface area contributed by atoms with E-state index in [0.29, 0.717) is 6.54 Å². The van der Waals surface area contributed by atoms with Gasteiger partial charge in [-0.15, -0.1) is 0 Å². The predicted molar refractivity (Wildman–Crippen MR) is 55.6 cm³/mol. The number of hydrogen-bond acceptors (Lipinski definition) is 3. The standard InChI is InChI=1S/C10H15N3O3/c1-7(9(14)15)12-10(16)13(6-2-5-11)8-3-4-8/h7-8H,2-4,6H2,1H3,(H,12,16)(H,14,15). The fourth-order valence-corrected chi connectivity index (χ4v) is 1.34. The van der Waals surface area contributed by atoms with Crippen LogP contribution >= 0.6 is 0 Å². The average Bonchev–Trinajstić information content (AvgIpc) is 3.02. The topological polar surface area (TPSA) is 93.4 Å². The molecule has 1 atom stereocenters. The maximum Gasteiger partial charge on any atom is 0.325 e. The zero-order chi connectivity index (χ0) is 12.1. The highest BCUT2D eigenvalue weighted by Gasteiger charge is 2.33. The van der Waals surface area contributed by atoms with Crippen LogP contribution in [-0.4, -0.2) is 40.6 Å². The molecule has 1 unspecified atom stereocenters. The summed E-state index contributed by atoms with van der Waals surface area (Å²) < 4.78 is 0. The first-order valence-electron chi connectivity index (χ1n) is 5.23. The number of nitrogens with one attached hydrogen (secondary N) is 1. The van der Waals surface area contributed by atoms with Crippen molar-refractivity contribution in [2.75, 3.05) is 6.54 Å². The fourth-order valence-electron chi connectivity index (χ4n) is 1.34. The summed E-state index contributed by atoms with van der Waals surface area (Å²) >= 11 is 0. The molecule has 0 heterocycles. The number of carbonyl (C=O) groups excluding carboxylic acids is 1. The van der Waals surface area contributed by atoms with E-state index in [1.54, 1.807) is 4.90 Å². The van der Waals surface area contributed by atoms with Gasteiger partial charge in [0.25, 0.3) is 0 Å². The summed E-state index contributed by atoms with van der Waals surface area (Å²) in [6.45, 7) is 1.77. The number of aliphatic carboxylic acids is 1. The van der Waals surface area contributed by atoms with Crippen molar-refractivity contribution < 1.29 is 14.7 Å². The number of rotatable bonds is 5. The van der Waals surface area contributed by atoms with Crippen molar-refractivity contribution >= 4 is 12.0 Å². The molecule has 16 heavy (non-hydrogen) atoms. The molecule has 2 N–H and O–H groups in total. The molecule has 0 aromatic rings. The lowest BCUT2D eigenvalue weighted by atomic mass is 10.3. The maximum atomic E-state index is 11.7. The molecular weight excluding hydrogens is 210 g/mol. The molecule has 1 fully saturated rings. The molecule has 2 amide bonds. The van der Waals surface area contributed by atoms with E-state index in [0.717, 1.165) is 12.8 Å². The second-order valence-corrected chi connectivity index (χ2v) is 3.84. The second kappa shape index (κ2) is 5.35. The Morgan fingerprint density at radius 2 is 2.25 bits per heavy atom. The van der Waals surface area contributed by atoms with Crippen LogP contribution in [-0.2, 0) is 4.79 Å². The van der Waals surface area contributed by atoms with Crippen LogP contribution in [0.15, 0.2) is 0 Å². The SMILES string of the molecule is CC(NC(=O)N(CCC#N)C1CC1)C(=O)O. The Labute approximate surface area is 93.8 Å². The van der Waals surface area contributed by atoms with Crippen LogP contribution in [0.25, 0.3) is 0 Å². The Morgan fingerprint density at radius 3 is 2.69 bits per heavy atom. The lowest BCUT2D eigenvalue weighted by molar-refractivity contribution is -0.138. The van der Waals surface area contributed by atoms with Gasteiger partial charge in [-0.25, -0.2) is 4.79 Å². The van der Waals surface area contributed by atoms with Gasteiger partial charge in [0, 0.05) is 12.6 Å². The van der Waals surface area contributed by atoms with Crippen LogP contribution in [0, 0.1) is 11.3 Å². The molecule has 0 aromatic carbocycles. The number of carboxylic acid groups (broad SMARTS) is 1. The fraction of sp³-hybridized carbons (Fsp3) is 0.700. The van der Waals surface area contributed by atoms with Gasteiger partial charge in [-0.05, 0) is 19.8 Å². The summed E-state index contributed by atoms with van der Waals surface area (Å²) in [6, 6.07) is 0.847. The molecule has 6 nitrogen and oxygen atoms in total. The highest BCUT2D eigenvalue weighted by molar-refractivity contribution is 5.82. The van der Waals surface area contributed by atoms with Crippen LogP contribution < -0.4 is 5.32 Å². The van der Waals surface area contributed by atoms with Gasteiger partial charge in [0.15, 0.2) is 0 Å². The molecule has 1 rings (SSSR count). The van der Waals surface area contributed by atoms with Crippen molar-refractivity contribution in [1.29, 1.82) is 5.26 Å². The van der Waals surface area contributed by atoms with Gasteiger partial charge < -0.3 is 15.3 Å². The van der Waals surface area contributed by atoms with E-state index in [1.165, 1.54) is 6.92 Å². The third-order valence-electron chi connectivity index (χ3n) is 2.42. The Bertz CT molecular complexity index is 320. The third-order valence-corrected chi connectivity index (χ3v) is 2.42. The van der Waals surface area contributed by atoms with Crippen molar-refractivity contribution in [3.8, 4) is 6.07 Å². The molecule has 0 spiro atoms. The first-order valence-corrected chi connectivity index (χ1v) is 5.23. The lowest BCUT2D eigenvalue weighted by Gasteiger charge is -2.22. The highest BCUT2D eigenvalue weighted by Crippen LogP contribution is 2.26. The van der Waals surface area contributed by atoms with Crippen molar-refractivity contribution in [1.82, 2.24) is 10.2 Å². The lowest BCUT2D eigenvalue weighted by Crippen LogP contribution is -2.47. The molecule has 0 bridgehead atoms. The minimum atomic E-state index is -1.07. The molecule has 0 saturated heterocycles. The van der Waals surface area contributed by atoms with Gasteiger partial charge >= 0.3 is 12.0 Å². The number of carbonyl (C=O) groups is 2. The van der Waals surface area contributed by atoms with Gasteiger partial charge in [-0.3, -0.25) is 4.79 Å². The number of hydrogen-bond donors (Lipinski definition) is 2. The smallest absolute Gasteiger partial charge is 0.325 e. The van der Waals surface area contributed by atoms with Gasteiger partial charge in [0.2, 0.25) is 0 Å². The van der Waals surface area contributed by atoms with E-state index in [2.05, 4.69) is 5.32 Å². The van der Waals surface area contributed by atoms with Gasteiger partial charge in [-0.1, -0.05) is 0 Å². The molecular formula is C10H15N3O3. The van der Waals surface area contributed by atoms with Crippen LogP contribution in [0.1, 0.15) is 26.2 Å². The molecule has 0 aromatic heterocycles. The average molecular weight is 225 g/mol. The molecule has 0 aliphatic heterocycles. The molecule has 1 saturated carbocycles. The second-order valence-electron chi connectivity index (χ2n) is 3.84.